The summed E-state index contributed by atoms with van der Waals surface area (Å²) in [6.07, 6.45) is 0.683. The van der Waals surface area contributed by atoms with E-state index in [-0.39, 0.29) is 12.1 Å². The molecule has 1 aliphatic rings. The lowest BCUT2D eigenvalue weighted by molar-refractivity contribution is -0.152. The molecule has 2 atom stereocenters. The number of ether oxygens (including phenoxy) is 2. The summed E-state index contributed by atoms with van der Waals surface area (Å²) in [5.41, 5.74) is 1.13. The van der Waals surface area contributed by atoms with E-state index in [9.17, 15) is 9.59 Å². The summed E-state index contributed by atoms with van der Waals surface area (Å²) < 4.78 is 10.9. The molecule has 2 N–H and O–H groups in total. The van der Waals surface area contributed by atoms with Gasteiger partial charge in [0.15, 0.2) is 0 Å². The van der Waals surface area contributed by atoms with Crippen LogP contribution in [0.4, 0.5) is 4.79 Å². The molecule has 1 heterocycles. The average Bonchev–Trinajstić information content (AvgIpc) is 2.51. The highest BCUT2D eigenvalue weighted by Gasteiger charge is 2.39. The quantitative estimate of drug-likeness (QED) is 0.785. The van der Waals surface area contributed by atoms with Crippen molar-refractivity contribution in [1.29, 1.82) is 0 Å². The summed E-state index contributed by atoms with van der Waals surface area (Å²) >= 11 is 0. The van der Waals surface area contributed by atoms with Crippen LogP contribution in [0.15, 0.2) is 36.5 Å². The molecule has 0 aromatic heterocycles. The van der Waals surface area contributed by atoms with Crippen LogP contribution in [0.1, 0.15) is 38.8 Å². The Morgan fingerprint density at radius 1 is 1.29 bits per heavy atom. The molecule has 0 unspecified atom stereocenters. The van der Waals surface area contributed by atoms with E-state index in [1.54, 1.807) is 13.8 Å². The Bertz CT molecular complexity index is 610. The van der Waals surface area contributed by atoms with Crippen molar-refractivity contribution in [3.8, 4) is 5.75 Å². The first-order valence-corrected chi connectivity index (χ1v) is 8.12. The fraction of sp³-hybridized carbons (Fsp3) is 0.444. The topological polar surface area (TPSA) is 76.7 Å². The van der Waals surface area contributed by atoms with Crippen molar-refractivity contribution < 1.29 is 19.1 Å². The average molecular weight is 332 g/mol. The van der Waals surface area contributed by atoms with E-state index in [1.165, 1.54) is 0 Å². The zero-order valence-corrected chi connectivity index (χ0v) is 14.3. The maximum atomic E-state index is 12.4. The Balaban J connectivity index is 2.23. The van der Waals surface area contributed by atoms with Gasteiger partial charge in [0.05, 0.1) is 18.8 Å². The third-order valence-corrected chi connectivity index (χ3v) is 3.59. The van der Waals surface area contributed by atoms with Gasteiger partial charge in [-0.05, 0) is 38.0 Å². The highest BCUT2D eigenvalue weighted by molar-refractivity contribution is 5.85. The fourth-order valence-corrected chi connectivity index (χ4v) is 2.54. The molecule has 1 saturated heterocycles. The van der Waals surface area contributed by atoms with E-state index in [0.717, 1.165) is 17.7 Å². The van der Waals surface area contributed by atoms with E-state index in [1.807, 2.05) is 31.2 Å². The zero-order valence-electron chi connectivity index (χ0n) is 14.3. The number of rotatable bonds is 6. The fourth-order valence-electron chi connectivity index (χ4n) is 2.54. The molecule has 6 nitrogen and oxygen atoms in total. The minimum atomic E-state index is -0.687. The van der Waals surface area contributed by atoms with Crippen LogP contribution in [0.5, 0.6) is 5.75 Å². The molecule has 0 aliphatic carbocycles. The number of esters is 1. The van der Waals surface area contributed by atoms with Crippen LogP contribution in [0, 0.1) is 5.92 Å². The molecular weight excluding hydrogens is 308 g/mol. The molecule has 0 radical (unpaired) electrons. The first-order chi connectivity index (χ1) is 11.4. The highest BCUT2D eigenvalue weighted by atomic mass is 16.5. The van der Waals surface area contributed by atoms with E-state index in [0.29, 0.717) is 12.3 Å². The van der Waals surface area contributed by atoms with Gasteiger partial charge in [-0.1, -0.05) is 25.6 Å². The lowest BCUT2D eigenvalue weighted by Crippen LogP contribution is -2.51. The van der Waals surface area contributed by atoms with Crippen LogP contribution in [-0.2, 0) is 9.53 Å². The smallest absolute Gasteiger partial charge is 0.319 e. The molecular formula is C18H24N2O4. The van der Waals surface area contributed by atoms with Crippen molar-refractivity contribution in [3.05, 3.63) is 42.1 Å². The van der Waals surface area contributed by atoms with Crippen LogP contribution in [-0.4, -0.2) is 24.7 Å². The molecule has 0 saturated carbocycles. The van der Waals surface area contributed by atoms with Crippen molar-refractivity contribution in [2.75, 3.05) is 6.61 Å². The molecule has 24 heavy (non-hydrogen) atoms. The predicted octanol–water partition coefficient (Wildman–Crippen LogP) is 2.91. The standard InChI is InChI=1S/C18H24N2O4/c1-5-10-23-14-8-6-13(7-9-14)16-15(17(21)24-11(2)3)12(4)19-18(22)20-16/h6-9,11,15-16H,4-5,10H2,1-3H3,(H2,19,20,22)/t15-,16+/m1/s1. The second-order valence-electron chi connectivity index (χ2n) is 5.98. The van der Waals surface area contributed by atoms with Gasteiger partial charge in [-0.2, -0.15) is 0 Å². The minimum absolute atomic E-state index is 0.242. The first kappa shape index (κ1) is 17.8. The summed E-state index contributed by atoms with van der Waals surface area (Å²) in [5.74, 6) is -0.354. The Labute approximate surface area is 142 Å². The molecule has 130 valence electrons. The van der Waals surface area contributed by atoms with Gasteiger partial charge in [0.2, 0.25) is 0 Å². The lowest BCUT2D eigenvalue weighted by Gasteiger charge is -2.33. The molecule has 2 amide bonds. The number of hydrogen-bond donors (Lipinski definition) is 2. The van der Waals surface area contributed by atoms with Gasteiger partial charge >= 0.3 is 12.0 Å². The second-order valence-corrected chi connectivity index (χ2v) is 5.98. The Kier molecular flexibility index (Phi) is 5.84. The van der Waals surface area contributed by atoms with Crippen molar-refractivity contribution in [1.82, 2.24) is 10.6 Å². The zero-order chi connectivity index (χ0) is 17.7. The number of urea groups is 1. The molecule has 0 spiro atoms. The van der Waals surface area contributed by atoms with Gasteiger partial charge in [0, 0.05) is 5.70 Å². The van der Waals surface area contributed by atoms with Crippen molar-refractivity contribution >= 4 is 12.0 Å². The van der Waals surface area contributed by atoms with E-state index < -0.39 is 17.9 Å². The predicted molar refractivity (Wildman–Crippen MR) is 90.5 cm³/mol. The molecule has 2 rings (SSSR count). The lowest BCUT2D eigenvalue weighted by atomic mass is 9.89. The molecule has 1 aromatic carbocycles. The molecule has 1 aliphatic heterocycles. The van der Waals surface area contributed by atoms with Crippen molar-refractivity contribution in [2.45, 2.75) is 39.3 Å². The maximum absolute atomic E-state index is 12.4. The van der Waals surface area contributed by atoms with Gasteiger partial charge < -0.3 is 20.1 Å². The van der Waals surface area contributed by atoms with Gasteiger partial charge in [0.1, 0.15) is 11.7 Å². The highest BCUT2D eigenvalue weighted by Crippen LogP contribution is 2.31. The molecule has 0 bridgehead atoms. The van der Waals surface area contributed by atoms with Gasteiger partial charge in [0.25, 0.3) is 0 Å². The van der Waals surface area contributed by atoms with E-state index in [4.69, 9.17) is 9.47 Å². The summed E-state index contributed by atoms with van der Waals surface area (Å²) in [5, 5.41) is 5.33. The number of amides is 2. The molecule has 6 heteroatoms. The van der Waals surface area contributed by atoms with Gasteiger partial charge in [-0.25, -0.2) is 4.79 Å². The van der Waals surface area contributed by atoms with Crippen LogP contribution in [0.3, 0.4) is 0 Å². The van der Waals surface area contributed by atoms with Crippen LogP contribution >= 0.6 is 0 Å². The van der Waals surface area contributed by atoms with Crippen molar-refractivity contribution in [3.63, 3.8) is 0 Å². The second kappa shape index (κ2) is 7.86. The third-order valence-electron chi connectivity index (χ3n) is 3.59. The third kappa shape index (κ3) is 4.28. The van der Waals surface area contributed by atoms with E-state index >= 15 is 0 Å². The Hall–Kier alpha value is -2.50. The van der Waals surface area contributed by atoms with Crippen molar-refractivity contribution in [2.24, 2.45) is 5.92 Å². The SMILES string of the molecule is C=C1NC(=O)N[C@@H](c2ccc(OCCC)cc2)[C@@H]1C(=O)OC(C)C. The van der Waals surface area contributed by atoms with Gasteiger partial charge in [-0.15, -0.1) is 0 Å². The van der Waals surface area contributed by atoms with Crippen LogP contribution in [0.2, 0.25) is 0 Å². The monoisotopic (exact) mass is 332 g/mol. The Morgan fingerprint density at radius 3 is 2.54 bits per heavy atom. The number of benzene rings is 1. The Morgan fingerprint density at radius 2 is 1.96 bits per heavy atom. The van der Waals surface area contributed by atoms with Crippen LogP contribution in [0.25, 0.3) is 0 Å². The summed E-state index contributed by atoms with van der Waals surface area (Å²) in [6.45, 7) is 10.1. The maximum Gasteiger partial charge on any atom is 0.319 e. The molecule has 1 fully saturated rings. The number of carbonyl (C=O) groups is 2. The number of hydrogen-bond acceptors (Lipinski definition) is 4. The first-order valence-electron chi connectivity index (χ1n) is 8.12. The van der Waals surface area contributed by atoms with E-state index in [2.05, 4.69) is 17.2 Å². The normalized spacial score (nSPS) is 20.3. The summed E-state index contributed by atoms with van der Waals surface area (Å²) in [6, 6.07) is 6.41. The number of nitrogens with one attached hydrogen (secondary N) is 2. The largest absolute Gasteiger partial charge is 0.494 e. The van der Waals surface area contributed by atoms with Crippen LogP contribution < -0.4 is 15.4 Å². The summed E-state index contributed by atoms with van der Waals surface area (Å²) in [4.78, 5) is 24.2. The van der Waals surface area contributed by atoms with Gasteiger partial charge in [-0.3, -0.25) is 4.79 Å². The minimum Gasteiger partial charge on any atom is -0.494 e. The summed E-state index contributed by atoms with van der Waals surface area (Å²) in [7, 11) is 0. The molecule has 1 aromatic rings. The number of carbonyl (C=O) groups excluding carboxylic acids is 2.